The normalized spacial score (nSPS) is 14.7. The highest BCUT2D eigenvalue weighted by Crippen LogP contribution is 2.44. The highest BCUT2D eigenvalue weighted by atomic mass is 35.5. The molecule has 0 fully saturated rings. The fourth-order valence-corrected chi connectivity index (χ4v) is 4.22. The SMILES string of the molecule is N#C/C(C(=O)Nc1ccc(Cl)cc1)=C1\SC=C(c2ccccc2)N1c1ccccc1. The average molecular weight is 430 g/mol. The van der Waals surface area contributed by atoms with Crippen LogP contribution in [0, 0.1) is 11.3 Å². The molecule has 1 aliphatic rings. The number of amides is 1. The molecule has 1 aliphatic heterocycles. The molecule has 0 unspecified atom stereocenters. The van der Waals surface area contributed by atoms with Gasteiger partial charge in [-0.1, -0.05) is 71.9 Å². The van der Waals surface area contributed by atoms with Crippen LogP contribution in [0.3, 0.4) is 0 Å². The zero-order chi connectivity index (χ0) is 20.9. The van der Waals surface area contributed by atoms with E-state index >= 15 is 0 Å². The van der Waals surface area contributed by atoms with Gasteiger partial charge in [-0.3, -0.25) is 4.79 Å². The number of anilines is 2. The second-order valence-electron chi connectivity index (χ2n) is 6.41. The quantitative estimate of drug-likeness (QED) is 0.392. The van der Waals surface area contributed by atoms with Gasteiger partial charge in [0.25, 0.3) is 5.91 Å². The number of hydrogen-bond acceptors (Lipinski definition) is 4. The van der Waals surface area contributed by atoms with E-state index in [0.29, 0.717) is 15.7 Å². The number of nitrogens with zero attached hydrogens (tertiary/aromatic N) is 2. The zero-order valence-electron chi connectivity index (χ0n) is 15.7. The fourth-order valence-electron chi connectivity index (χ4n) is 3.06. The van der Waals surface area contributed by atoms with Gasteiger partial charge < -0.3 is 10.2 Å². The largest absolute Gasteiger partial charge is 0.321 e. The van der Waals surface area contributed by atoms with Crippen LogP contribution >= 0.6 is 23.4 Å². The molecule has 0 atom stereocenters. The summed E-state index contributed by atoms with van der Waals surface area (Å²) in [4.78, 5) is 14.9. The number of hydrogen-bond donors (Lipinski definition) is 1. The number of nitrogens with one attached hydrogen (secondary N) is 1. The molecule has 0 aliphatic carbocycles. The molecule has 1 heterocycles. The van der Waals surface area contributed by atoms with Crippen molar-refractivity contribution in [1.82, 2.24) is 0 Å². The molecule has 0 saturated heterocycles. The minimum absolute atomic E-state index is 0.0426. The molecule has 0 radical (unpaired) electrons. The van der Waals surface area contributed by atoms with Gasteiger partial charge in [-0.25, -0.2) is 0 Å². The first-order valence-corrected chi connectivity index (χ1v) is 10.4. The number of halogens is 1. The fraction of sp³-hybridized carbons (Fsp3) is 0. The molecule has 146 valence electrons. The van der Waals surface area contributed by atoms with Crippen molar-refractivity contribution in [3.63, 3.8) is 0 Å². The van der Waals surface area contributed by atoms with Crippen LogP contribution in [-0.4, -0.2) is 5.91 Å². The van der Waals surface area contributed by atoms with Crippen LogP contribution in [-0.2, 0) is 4.79 Å². The van der Waals surface area contributed by atoms with Gasteiger partial charge >= 0.3 is 0 Å². The van der Waals surface area contributed by atoms with Crippen molar-refractivity contribution in [2.24, 2.45) is 0 Å². The predicted molar refractivity (Wildman–Crippen MR) is 124 cm³/mol. The Labute approximate surface area is 184 Å². The predicted octanol–water partition coefficient (Wildman–Crippen LogP) is 6.27. The second kappa shape index (κ2) is 8.91. The minimum Gasteiger partial charge on any atom is -0.321 e. The van der Waals surface area contributed by atoms with E-state index in [1.807, 2.05) is 71.0 Å². The van der Waals surface area contributed by atoms with Gasteiger partial charge in [-0.15, -0.1) is 0 Å². The second-order valence-corrected chi connectivity index (χ2v) is 7.71. The number of carbonyl (C=O) groups is 1. The van der Waals surface area contributed by atoms with Crippen LogP contribution in [0.1, 0.15) is 5.56 Å². The molecule has 3 aromatic rings. The number of thioether (sulfide) groups is 1. The molecule has 4 rings (SSSR count). The third-order valence-electron chi connectivity index (χ3n) is 4.46. The summed E-state index contributed by atoms with van der Waals surface area (Å²) in [6.07, 6.45) is 0. The molecule has 0 saturated carbocycles. The first kappa shape index (κ1) is 19.8. The lowest BCUT2D eigenvalue weighted by atomic mass is 10.1. The number of nitriles is 1. The van der Waals surface area contributed by atoms with Crippen LogP contribution in [0.2, 0.25) is 5.02 Å². The van der Waals surface area contributed by atoms with Crippen molar-refractivity contribution in [3.8, 4) is 6.07 Å². The number of rotatable bonds is 4. The molecule has 0 bridgehead atoms. The molecule has 0 spiro atoms. The Morgan fingerprint density at radius 3 is 2.20 bits per heavy atom. The summed E-state index contributed by atoms with van der Waals surface area (Å²) >= 11 is 7.27. The van der Waals surface area contributed by atoms with E-state index in [1.54, 1.807) is 24.3 Å². The molecule has 6 heteroatoms. The summed E-state index contributed by atoms with van der Waals surface area (Å²) in [5, 5.41) is 15.7. The Kier molecular flexibility index (Phi) is 5.89. The summed E-state index contributed by atoms with van der Waals surface area (Å²) in [5.41, 5.74) is 3.40. The summed E-state index contributed by atoms with van der Waals surface area (Å²) < 4.78 is 0. The third-order valence-corrected chi connectivity index (χ3v) is 5.67. The first-order valence-electron chi connectivity index (χ1n) is 9.16. The van der Waals surface area contributed by atoms with Gasteiger partial charge in [-0.05, 0) is 42.0 Å². The Hall–Kier alpha value is -3.46. The summed E-state index contributed by atoms with van der Waals surface area (Å²) in [5.74, 6) is -0.467. The van der Waals surface area contributed by atoms with Gasteiger partial charge in [-0.2, -0.15) is 5.26 Å². The van der Waals surface area contributed by atoms with Crippen LogP contribution < -0.4 is 10.2 Å². The maximum Gasteiger partial charge on any atom is 0.269 e. The Balaban J connectivity index is 1.74. The van der Waals surface area contributed by atoms with Crippen molar-refractivity contribution in [2.45, 2.75) is 0 Å². The van der Waals surface area contributed by atoms with Crippen LogP contribution in [0.4, 0.5) is 11.4 Å². The van der Waals surface area contributed by atoms with Crippen molar-refractivity contribution in [2.75, 3.05) is 10.2 Å². The van der Waals surface area contributed by atoms with E-state index in [-0.39, 0.29) is 5.57 Å². The number of para-hydroxylation sites is 1. The van der Waals surface area contributed by atoms with E-state index in [4.69, 9.17) is 11.6 Å². The van der Waals surface area contributed by atoms with Crippen molar-refractivity contribution in [3.05, 3.63) is 112 Å². The smallest absolute Gasteiger partial charge is 0.269 e. The monoisotopic (exact) mass is 429 g/mol. The zero-order valence-corrected chi connectivity index (χ0v) is 17.3. The van der Waals surface area contributed by atoms with Crippen LogP contribution in [0.5, 0.6) is 0 Å². The molecule has 0 aromatic heterocycles. The average Bonchev–Trinajstić information content (AvgIpc) is 3.22. The first-order chi connectivity index (χ1) is 14.7. The Morgan fingerprint density at radius 2 is 1.57 bits per heavy atom. The molecule has 4 nitrogen and oxygen atoms in total. The van der Waals surface area contributed by atoms with Gasteiger partial charge in [0.15, 0.2) is 0 Å². The molecule has 3 aromatic carbocycles. The lowest BCUT2D eigenvalue weighted by Gasteiger charge is -2.24. The number of carbonyl (C=O) groups excluding carboxylic acids is 1. The van der Waals surface area contributed by atoms with Crippen molar-refractivity contribution < 1.29 is 4.79 Å². The third kappa shape index (κ3) is 4.11. The highest BCUT2D eigenvalue weighted by Gasteiger charge is 2.29. The van der Waals surface area contributed by atoms with Gasteiger partial charge in [0.2, 0.25) is 0 Å². The van der Waals surface area contributed by atoms with Gasteiger partial charge in [0, 0.05) is 21.8 Å². The molecular formula is C24H16ClN3OS. The summed E-state index contributed by atoms with van der Waals surface area (Å²) in [6, 6.07) is 28.4. The summed E-state index contributed by atoms with van der Waals surface area (Å²) in [7, 11) is 0. The standard InChI is InChI=1S/C24H16ClN3OS/c25-18-11-13-19(14-12-18)27-23(29)21(15-26)24-28(20-9-5-2-6-10-20)22(16-30-24)17-7-3-1-4-8-17/h1-14,16H,(H,27,29)/b24-21+. The topological polar surface area (TPSA) is 56.1 Å². The molecule has 1 N–H and O–H groups in total. The van der Waals surface area contributed by atoms with Crippen molar-refractivity contribution >= 4 is 46.3 Å². The summed E-state index contributed by atoms with van der Waals surface area (Å²) in [6.45, 7) is 0. The van der Waals surface area contributed by atoms with E-state index in [9.17, 15) is 10.1 Å². The highest BCUT2D eigenvalue weighted by molar-refractivity contribution is 8.06. The van der Waals surface area contributed by atoms with Crippen molar-refractivity contribution in [1.29, 1.82) is 5.26 Å². The van der Waals surface area contributed by atoms with E-state index in [1.165, 1.54) is 11.8 Å². The molecule has 30 heavy (non-hydrogen) atoms. The van der Waals surface area contributed by atoms with E-state index in [0.717, 1.165) is 16.9 Å². The Morgan fingerprint density at radius 1 is 0.933 bits per heavy atom. The van der Waals surface area contributed by atoms with E-state index < -0.39 is 5.91 Å². The Bertz CT molecular complexity index is 1170. The minimum atomic E-state index is -0.467. The maximum atomic E-state index is 12.9. The van der Waals surface area contributed by atoms with Crippen LogP contribution in [0.25, 0.3) is 5.70 Å². The van der Waals surface area contributed by atoms with Gasteiger partial charge in [0.1, 0.15) is 16.7 Å². The van der Waals surface area contributed by atoms with Gasteiger partial charge in [0.05, 0.1) is 5.70 Å². The number of benzene rings is 3. The lowest BCUT2D eigenvalue weighted by Crippen LogP contribution is -2.22. The molecule has 1 amide bonds. The van der Waals surface area contributed by atoms with Crippen LogP contribution in [0.15, 0.2) is 101 Å². The molecular weight excluding hydrogens is 414 g/mol. The lowest BCUT2D eigenvalue weighted by molar-refractivity contribution is -0.112. The van der Waals surface area contributed by atoms with E-state index in [2.05, 4.69) is 11.4 Å². The maximum absolute atomic E-state index is 12.9.